The number of methoxy groups -OCH3 is 2. The molecule has 2 heterocycles. The first-order valence-electron chi connectivity index (χ1n) is 12.4. The fraction of sp³-hybridized carbons (Fsp3) is 0.310. The molecule has 5 rings (SSSR count). The van der Waals surface area contributed by atoms with Crippen molar-refractivity contribution in [2.24, 2.45) is 0 Å². The van der Waals surface area contributed by atoms with Crippen molar-refractivity contribution in [1.29, 1.82) is 0 Å². The molecule has 1 aliphatic heterocycles. The van der Waals surface area contributed by atoms with Crippen LogP contribution in [0.3, 0.4) is 0 Å². The van der Waals surface area contributed by atoms with Crippen molar-refractivity contribution in [2.75, 3.05) is 53.7 Å². The molecule has 0 aliphatic carbocycles. The van der Waals surface area contributed by atoms with Gasteiger partial charge in [-0.2, -0.15) is 0 Å². The first-order valence-corrected chi connectivity index (χ1v) is 12.4. The second-order valence-electron chi connectivity index (χ2n) is 8.94. The predicted octanol–water partition coefficient (Wildman–Crippen LogP) is 5.11. The number of nitrogens with zero attached hydrogens (tertiary/aromatic N) is 3. The Kier molecular flexibility index (Phi) is 8.07. The summed E-state index contributed by atoms with van der Waals surface area (Å²) >= 11 is 0. The molecular formula is C29H29F2N3O4. The molecular weight excluding hydrogens is 492 g/mol. The van der Waals surface area contributed by atoms with Crippen molar-refractivity contribution in [3.05, 3.63) is 71.9 Å². The normalized spacial score (nSPS) is 14.1. The van der Waals surface area contributed by atoms with E-state index in [1.54, 1.807) is 38.6 Å². The van der Waals surface area contributed by atoms with E-state index in [0.717, 1.165) is 5.56 Å². The summed E-state index contributed by atoms with van der Waals surface area (Å²) in [4.78, 5) is 11.4. The molecule has 0 N–H and O–H groups in total. The minimum atomic E-state index is -0.582. The molecule has 0 amide bonds. The van der Waals surface area contributed by atoms with Gasteiger partial charge in [0.15, 0.2) is 11.5 Å². The fourth-order valence-corrected chi connectivity index (χ4v) is 4.48. The lowest BCUT2D eigenvalue weighted by atomic mass is 10.0. The summed E-state index contributed by atoms with van der Waals surface area (Å²) in [7, 11) is 3.18. The number of hydrogen-bond donors (Lipinski definition) is 0. The number of aromatic nitrogens is 2. The molecule has 0 radical (unpaired) electrons. The van der Waals surface area contributed by atoms with E-state index < -0.39 is 11.6 Å². The Labute approximate surface area is 219 Å². The first-order chi connectivity index (χ1) is 18.6. The summed E-state index contributed by atoms with van der Waals surface area (Å²) in [5.74, 6) is -0.0255. The van der Waals surface area contributed by atoms with Crippen LogP contribution in [0, 0.1) is 11.6 Å². The number of fused-ring (bicyclic) bond motifs is 1. The fourth-order valence-electron chi connectivity index (χ4n) is 4.48. The van der Waals surface area contributed by atoms with Gasteiger partial charge in [-0.1, -0.05) is 12.1 Å². The number of halogens is 2. The lowest BCUT2D eigenvalue weighted by molar-refractivity contribution is 0.0332. The van der Waals surface area contributed by atoms with Crippen molar-refractivity contribution >= 4 is 11.0 Å². The molecule has 1 saturated heterocycles. The highest BCUT2D eigenvalue weighted by molar-refractivity contribution is 5.92. The van der Waals surface area contributed by atoms with Gasteiger partial charge in [-0.15, -0.1) is 0 Å². The van der Waals surface area contributed by atoms with Gasteiger partial charge in [-0.3, -0.25) is 9.88 Å². The Hall–Kier alpha value is -3.66. The quantitative estimate of drug-likeness (QED) is 0.284. The lowest BCUT2D eigenvalue weighted by Gasteiger charge is -2.27. The molecule has 9 heteroatoms. The summed E-state index contributed by atoms with van der Waals surface area (Å²) in [5.41, 5.74) is 3.59. The van der Waals surface area contributed by atoms with Crippen LogP contribution in [-0.4, -0.2) is 68.6 Å². The van der Waals surface area contributed by atoms with Gasteiger partial charge in [0, 0.05) is 43.4 Å². The SMILES string of the molecule is COCCOc1ccc(-c2cnc3cccc(-c4cc(F)c(CN5CCOCC5)c(F)c4)c3n2)cc1OC. The first kappa shape index (κ1) is 26.0. The van der Waals surface area contributed by atoms with E-state index in [1.165, 1.54) is 12.1 Å². The van der Waals surface area contributed by atoms with Crippen molar-refractivity contribution in [1.82, 2.24) is 14.9 Å². The van der Waals surface area contributed by atoms with Crippen LogP contribution >= 0.6 is 0 Å². The van der Waals surface area contributed by atoms with Gasteiger partial charge >= 0.3 is 0 Å². The van der Waals surface area contributed by atoms with Gasteiger partial charge in [0.25, 0.3) is 0 Å². The summed E-state index contributed by atoms with van der Waals surface area (Å²) in [6.45, 7) is 3.47. The summed E-state index contributed by atoms with van der Waals surface area (Å²) in [5, 5.41) is 0. The number of hydrogen-bond acceptors (Lipinski definition) is 7. The second kappa shape index (κ2) is 11.8. The van der Waals surface area contributed by atoms with E-state index in [4.69, 9.17) is 23.9 Å². The number of para-hydroxylation sites is 1. The van der Waals surface area contributed by atoms with E-state index >= 15 is 8.78 Å². The summed E-state index contributed by atoms with van der Waals surface area (Å²) < 4.78 is 51.9. The molecule has 3 aromatic carbocycles. The van der Waals surface area contributed by atoms with E-state index in [9.17, 15) is 0 Å². The van der Waals surface area contributed by atoms with Gasteiger partial charge in [0.05, 0.1) is 49.9 Å². The highest BCUT2D eigenvalue weighted by atomic mass is 19.1. The predicted molar refractivity (Wildman–Crippen MR) is 140 cm³/mol. The van der Waals surface area contributed by atoms with Gasteiger partial charge in [0.2, 0.25) is 0 Å². The number of rotatable bonds is 9. The zero-order valence-corrected chi connectivity index (χ0v) is 21.4. The molecule has 0 spiro atoms. The average molecular weight is 522 g/mol. The molecule has 0 unspecified atom stereocenters. The lowest BCUT2D eigenvalue weighted by Crippen LogP contribution is -2.36. The van der Waals surface area contributed by atoms with E-state index in [1.807, 2.05) is 23.1 Å². The Morgan fingerprint density at radius 2 is 1.71 bits per heavy atom. The standard InChI is InChI=1S/C29H29F2N3O4/c1-35-12-13-38-27-7-6-19(16-28(27)36-2)26-17-32-25-5-3-4-21(29(25)33-26)20-14-23(30)22(24(31)15-20)18-34-8-10-37-11-9-34/h3-7,14-17H,8-13,18H2,1-2H3. The summed E-state index contributed by atoms with van der Waals surface area (Å²) in [6.07, 6.45) is 1.67. The van der Waals surface area contributed by atoms with Crippen molar-refractivity contribution in [3.8, 4) is 33.9 Å². The molecule has 4 aromatic rings. The third kappa shape index (κ3) is 5.60. The van der Waals surface area contributed by atoms with Crippen LogP contribution in [0.1, 0.15) is 5.56 Å². The van der Waals surface area contributed by atoms with Crippen LogP contribution in [0.4, 0.5) is 8.78 Å². The molecule has 198 valence electrons. The van der Waals surface area contributed by atoms with Crippen LogP contribution in [0.25, 0.3) is 33.4 Å². The van der Waals surface area contributed by atoms with Gasteiger partial charge in [-0.05, 0) is 42.0 Å². The molecule has 1 aliphatic rings. The molecule has 1 aromatic heterocycles. The average Bonchev–Trinajstić information content (AvgIpc) is 2.95. The van der Waals surface area contributed by atoms with E-state index in [2.05, 4.69) is 4.98 Å². The molecule has 0 atom stereocenters. The Balaban J connectivity index is 1.49. The van der Waals surface area contributed by atoms with Crippen LogP contribution in [0.15, 0.2) is 54.7 Å². The molecule has 1 fully saturated rings. The van der Waals surface area contributed by atoms with Crippen molar-refractivity contribution in [3.63, 3.8) is 0 Å². The second-order valence-corrected chi connectivity index (χ2v) is 8.94. The van der Waals surface area contributed by atoms with Crippen LogP contribution in [0.2, 0.25) is 0 Å². The maximum atomic E-state index is 15.2. The monoisotopic (exact) mass is 521 g/mol. The Bertz CT molecular complexity index is 1400. The van der Waals surface area contributed by atoms with Gasteiger partial charge in [-0.25, -0.2) is 13.8 Å². The number of morpholine rings is 1. The Morgan fingerprint density at radius 1 is 0.921 bits per heavy atom. The van der Waals surface area contributed by atoms with Crippen molar-refractivity contribution in [2.45, 2.75) is 6.54 Å². The van der Waals surface area contributed by atoms with E-state index in [-0.39, 0.29) is 12.1 Å². The van der Waals surface area contributed by atoms with Gasteiger partial charge < -0.3 is 18.9 Å². The largest absolute Gasteiger partial charge is 0.493 e. The van der Waals surface area contributed by atoms with Crippen LogP contribution in [0.5, 0.6) is 11.5 Å². The smallest absolute Gasteiger partial charge is 0.161 e. The third-order valence-electron chi connectivity index (χ3n) is 6.51. The van der Waals surface area contributed by atoms with Crippen LogP contribution in [-0.2, 0) is 16.0 Å². The Morgan fingerprint density at radius 3 is 2.45 bits per heavy atom. The number of ether oxygens (including phenoxy) is 4. The van der Waals surface area contributed by atoms with Crippen LogP contribution < -0.4 is 9.47 Å². The molecule has 0 saturated carbocycles. The molecule has 38 heavy (non-hydrogen) atoms. The van der Waals surface area contributed by atoms with Crippen molar-refractivity contribution < 1.29 is 27.7 Å². The summed E-state index contributed by atoms with van der Waals surface area (Å²) in [6, 6.07) is 13.7. The maximum Gasteiger partial charge on any atom is 0.161 e. The third-order valence-corrected chi connectivity index (χ3v) is 6.51. The zero-order chi connectivity index (χ0) is 26.5. The zero-order valence-electron chi connectivity index (χ0n) is 21.4. The van der Waals surface area contributed by atoms with Gasteiger partial charge in [0.1, 0.15) is 18.2 Å². The molecule has 0 bridgehead atoms. The molecule has 7 nitrogen and oxygen atoms in total. The number of benzene rings is 3. The minimum absolute atomic E-state index is 0.0579. The minimum Gasteiger partial charge on any atom is -0.493 e. The highest BCUT2D eigenvalue weighted by Gasteiger charge is 2.19. The maximum absolute atomic E-state index is 15.2. The highest BCUT2D eigenvalue weighted by Crippen LogP contribution is 2.34. The topological polar surface area (TPSA) is 65.9 Å². The van der Waals surface area contributed by atoms with E-state index in [0.29, 0.717) is 78.9 Å².